The maximum absolute atomic E-state index is 11.9. The van der Waals surface area contributed by atoms with Gasteiger partial charge in [-0.25, -0.2) is 4.79 Å². The lowest BCUT2D eigenvalue weighted by molar-refractivity contribution is -0.140. The van der Waals surface area contributed by atoms with Gasteiger partial charge in [-0.2, -0.15) is 0 Å². The van der Waals surface area contributed by atoms with E-state index in [1.165, 1.54) is 6.07 Å². The van der Waals surface area contributed by atoms with E-state index in [-0.39, 0.29) is 30.6 Å². The van der Waals surface area contributed by atoms with Gasteiger partial charge in [0, 0.05) is 12.5 Å². The van der Waals surface area contributed by atoms with E-state index in [4.69, 9.17) is 15.3 Å². The summed E-state index contributed by atoms with van der Waals surface area (Å²) in [4.78, 5) is 33.3. The van der Waals surface area contributed by atoms with Crippen molar-refractivity contribution >= 4 is 17.8 Å². The van der Waals surface area contributed by atoms with E-state index in [0.29, 0.717) is 0 Å². The summed E-state index contributed by atoms with van der Waals surface area (Å²) in [6.07, 6.45) is -0.162. The minimum atomic E-state index is -1.30. The number of aliphatic carboxylic acids is 2. The Labute approximate surface area is 119 Å². The Bertz CT molecular complexity index is 555. The smallest absolute Gasteiger partial charge is 0.326 e. The zero-order valence-corrected chi connectivity index (χ0v) is 10.9. The number of amides is 1. The van der Waals surface area contributed by atoms with Crippen LogP contribution >= 0.6 is 0 Å². The van der Waals surface area contributed by atoms with Crippen molar-refractivity contribution in [2.24, 2.45) is 0 Å². The van der Waals surface area contributed by atoms with E-state index in [0.717, 1.165) is 12.1 Å². The normalized spacial score (nSPS) is 11.6. The van der Waals surface area contributed by atoms with Crippen molar-refractivity contribution in [2.45, 2.75) is 25.3 Å². The monoisotopic (exact) mass is 297 g/mol. The summed E-state index contributed by atoms with van der Waals surface area (Å²) in [6, 6.07) is 2.02. The second-order valence-electron chi connectivity index (χ2n) is 4.35. The summed E-state index contributed by atoms with van der Waals surface area (Å²) in [5.41, 5.74) is -0.183. The number of rotatable bonds is 7. The van der Waals surface area contributed by atoms with Crippen LogP contribution in [0, 0.1) is 0 Å². The molecule has 21 heavy (non-hydrogen) atoms. The average Bonchev–Trinajstić information content (AvgIpc) is 2.36. The zero-order chi connectivity index (χ0) is 16.0. The number of hydrogen-bond donors (Lipinski definition) is 5. The van der Waals surface area contributed by atoms with Gasteiger partial charge in [0.05, 0.1) is 5.56 Å². The molecule has 0 saturated carbocycles. The van der Waals surface area contributed by atoms with Crippen LogP contribution in [-0.2, 0) is 9.59 Å². The van der Waals surface area contributed by atoms with E-state index in [2.05, 4.69) is 5.32 Å². The Kier molecular flexibility index (Phi) is 5.53. The molecule has 0 fully saturated rings. The first kappa shape index (κ1) is 16.3. The van der Waals surface area contributed by atoms with Gasteiger partial charge in [0.2, 0.25) is 0 Å². The number of carboxylic acid groups (broad SMARTS) is 2. The molecule has 0 spiro atoms. The van der Waals surface area contributed by atoms with Gasteiger partial charge < -0.3 is 25.7 Å². The molecule has 0 aliphatic carbocycles. The van der Waals surface area contributed by atoms with Crippen molar-refractivity contribution in [1.82, 2.24) is 5.32 Å². The molecule has 1 aromatic carbocycles. The number of aromatic hydroxyl groups is 2. The highest BCUT2D eigenvalue weighted by atomic mass is 16.4. The summed E-state index contributed by atoms with van der Waals surface area (Å²) < 4.78 is 0. The zero-order valence-electron chi connectivity index (χ0n) is 10.9. The van der Waals surface area contributed by atoms with Crippen molar-refractivity contribution in [2.75, 3.05) is 0 Å². The predicted octanol–water partition coefficient (Wildman–Crippen LogP) is 0.536. The maximum atomic E-state index is 11.9. The van der Waals surface area contributed by atoms with Crippen LogP contribution in [0.4, 0.5) is 0 Å². The largest absolute Gasteiger partial charge is 0.508 e. The van der Waals surface area contributed by atoms with Crippen molar-refractivity contribution in [3.63, 3.8) is 0 Å². The van der Waals surface area contributed by atoms with E-state index in [1.54, 1.807) is 0 Å². The lowest BCUT2D eigenvalue weighted by atomic mass is 10.1. The van der Waals surface area contributed by atoms with E-state index in [9.17, 15) is 19.5 Å². The lowest BCUT2D eigenvalue weighted by Gasteiger charge is -2.14. The molecule has 0 aliphatic heterocycles. The molecule has 1 aromatic rings. The quantitative estimate of drug-likeness (QED) is 0.493. The molecule has 114 valence electrons. The second kappa shape index (κ2) is 7.13. The number of benzene rings is 1. The molecule has 5 N–H and O–H groups in total. The summed E-state index contributed by atoms with van der Waals surface area (Å²) in [7, 11) is 0. The van der Waals surface area contributed by atoms with E-state index in [1.807, 2.05) is 0 Å². The molecule has 1 atom stereocenters. The molecule has 8 nitrogen and oxygen atoms in total. The Hall–Kier alpha value is -2.77. The van der Waals surface area contributed by atoms with Crippen LogP contribution in [0.5, 0.6) is 11.5 Å². The van der Waals surface area contributed by atoms with Crippen LogP contribution in [0.25, 0.3) is 0 Å². The maximum Gasteiger partial charge on any atom is 0.326 e. The highest BCUT2D eigenvalue weighted by Crippen LogP contribution is 2.22. The SMILES string of the molecule is O=C(O)CCC[C@@H](NC(=O)c1ccc(O)cc1O)C(=O)O. The third-order valence-electron chi connectivity index (χ3n) is 2.71. The van der Waals surface area contributed by atoms with Gasteiger partial charge in [-0.05, 0) is 25.0 Å². The number of nitrogens with one attached hydrogen (secondary N) is 1. The molecule has 0 radical (unpaired) electrons. The van der Waals surface area contributed by atoms with Gasteiger partial charge in [-0.15, -0.1) is 0 Å². The molecule has 0 aliphatic rings. The first-order valence-corrected chi connectivity index (χ1v) is 6.08. The summed E-state index contributed by atoms with van der Waals surface area (Å²) >= 11 is 0. The molecule has 0 bridgehead atoms. The number of hydrogen-bond acceptors (Lipinski definition) is 5. The van der Waals surface area contributed by atoms with Crippen molar-refractivity contribution in [3.05, 3.63) is 23.8 Å². The standard InChI is InChI=1S/C13H15NO7/c15-7-4-5-8(10(16)6-7)12(19)14-9(13(20)21)2-1-3-11(17)18/h4-6,9,15-16H,1-3H2,(H,14,19)(H,17,18)(H,20,21)/t9-/m1/s1. The predicted molar refractivity (Wildman–Crippen MR) is 70.1 cm³/mol. The first-order valence-electron chi connectivity index (χ1n) is 6.08. The fourth-order valence-electron chi connectivity index (χ4n) is 1.66. The highest BCUT2D eigenvalue weighted by Gasteiger charge is 2.22. The Morgan fingerprint density at radius 2 is 1.81 bits per heavy atom. The van der Waals surface area contributed by atoms with Crippen LogP contribution in [0.15, 0.2) is 18.2 Å². The van der Waals surface area contributed by atoms with Crippen LogP contribution in [0.2, 0.25) is 0 Å². The summed E-state index contributed by atoms with van der Waals surface area (Å²) in [6.45, 7) is 0. The molecule has 1 rings (SSSR count). The van der Waals surface area contributed by atoms with Crippen molar-refractivity contribution < 1.29 is 34.8 Å². The first-order chi connectivity index (χ1) is 9.81. The molecule has 0 heterocycles. The van der Waals surface area contributed by atoms with Gasteiger partial charge in [0.15, 0.2) is 0 Å². The van der Waals surface area contributed by atoms with Gasteiger partial charge >= 0.3 is 11.9 Å². The number of carbonyl (C=O) groups is 3. The Morgan fingerprint density at radius 3 is 2.33 bits per heavy atom. The molecule has 8 heteroatoms. The number of phenolic OH excluding ortho intramolecular Hbond substituents is 2. The summed E-state index contributed by atoms with van der Waals surface area (Å²) in [5, 5.41) is 38.3. The van der Waals surface area contributed by atoms with Gasteiger partial charge in [-0.3, -0.25) is 9.59 Å². The van der Waals surface area contributed by atoms with E-state index < -0.39 is 29.6 Å². The third-order valence-corrected chi connectivity index (χ3v) is 2.71. The topological polar surface area (TPSA) is 144 Å². The number of carboxylic acids is 2. The van der Waals surface area contributed by atoms with E-state index >= 15 is 0 Å². The van der Waals surface area contributed by atoms with Crippen LogP contribution in [-0.4, -0.2) is 44.3 Å². The number of phenols is 2. The minimum Gasteiger partial charge on any atom is -0.508 e. The molecular weight excluding hydrogens is 282 g/mol. The summed E-state index contributed by atoms with van der Waals surface area (Å²) in [5.74, 6) is -3.90. The molecular formula is C13H15NO7. The molecule has 1 amide bonds. The number of carbonyl (C=O) groups excluding carboxylic acids is 1. The Balaban J connectivity index is 2.72. The van der Waals surface area contributed by atoms with Crippen molar-refractivity contribution in [1.29, 1.82) is 0 Å². The highest BCUT2D eigenvalue weighted by molar-refractivity contribution is 5.99. The fourth-order valence-corrected chi connectivity index (χ4v) is 1.66. The van der Waals surface area contributed by atoms with Gasteiger partial charge in [-0.1, -0.05) is 0 Å². The minimum absolute atomic E-state index is 0.0494. The van der Waals surface area contributed by atoms with Gasteiger partial charge in [0.25, 0.3) is 5.91 Å². The molecule has 0 aromatic heterocycles. The fraction of sp³-hybridized carbons (Fsp3) is 0.308. The lowest BCUT2D eigenvalue weighted by Crippen LogP contribution is -2.40. The van der Waals surface area contributed by atoms with Crippen LogP contribution in [0.3, 0.4) is 0 Å². The molecule has 0 unspecified atom stereocenters. The van der Waals surface area contributed by atoms with Crippen LogP contribution < -0.4 is 5.32 Å². The molecule has 0 saturated heterocycles. The second-order valence-corrected chi connectivity index (χ2v) is 4.35. The third kappa shape index (κ3) is 5.01. The average molecular weight is 297 g/mol. The van der Waals surface area contributed by atoms with Crippen LogP contribution in [0.1, 0.15) is 29.6 Å². The Morgan fingerprint density at radius 1 is 1.14 bits per heavy atom. The van der Waals surface area contributed by atoms with Gasteiger partial charge in [0.1, 0.15) is 17.5 Å². The van der Waals surface area contributed by atoms with Crippen molar-refractivity contribution in [3.8, 4) is 11.5 Å².